The van der Waals surface area contributed by atoms with E-state index in [1.165, 1.54) is 24.3 Å². The molecule has 0 spiro atoms. The summed E-state index contributed by atoms with van der Waals surface area (Å²) in [6, 6.07) is 5.46. The van der Waals surface area contributed by atoms with Crippen LogP contribution in [0.4, 0.5) is 4.39 Å². The van der Waals surface area contributed by atoms with Crippen molar-refractivity contribution < 1.29 is 18.7 Å². The van der Waals surface area contributed by atoms with E-state index >= 15 is 0 Å². The average molecular weight is 254 g/mol. The van der Waals surface area contributed by atoms with E-state index in [-0.39, 0.29) is 11.6 Å². The fourth-order valence-electron chi connectivity index (χ4n) is 1.45. The Morgan fingerprint density at radius 3 is 2.50 bits per heavy atom. The van der Waals surface area contributed by atoms with Crippen molar-refractivity contribution in [3.05, 3.63) is 35.6 Å². The summed E-state index contributed by atoms with van der Waals surface area (Å²) in [5, 5.41) is 0. The van der Waals surface area contributed by atoms with Crippen molar-refractivity contribution in [3.63, 3.8) is 0 Å². The number of hydrogen-bond donors (Lipinski definition) is 0. The molecule has 18 heavy (non-hydrogen) atoms. The summed E-state index contributed by atoms with van der Waals surface area (Å²) in [4.78, 5) is 11.9. The lowest BCUT2D eigenvalue weighted by atomic mass is 10.1. The SMILES string of the molecule is CCCOCCOC(C)C(=O)c1ccc(F)cc1. The summed E-state index contributed by atoms with van der Waals surface area (Å²) in [6.07, 6.45) is 0.421. The first-order valence-electron chi connectivity index (χ1n) is 6.14. The number of hydrogen-bond acceptors (Lipinski definition) is 3. The maximum absolute atomic E-state index is 12.7. The highest BCUT2D eigenvalue weighted by Crippen LogP contribution is 2.08. The van der Waals surface area contributed by atoms with Gasteiger partial charge in [-0.05, 0) is 37.6 Å². The largest absolute Gasteiger partial charge is 0.379 e. The van der Waals surface area contributed by atoms with Crippen LogP contribution < -0.4 is 0 Å². The first kappa shape index (κ1) is 14.8. The quantitative estimate of drug-likeness (QED) is 0.528. The summed E-state index contributed by atoms with van der Waals surface area (Å²) < 4.78 is 23.3. The molecule has 0 bridgehead atoms. The van der Waals surface area contributed by atoms with Crippen LogP contribution in [0.3, 0.4) is 0 Å². The third-order valence-corrected chi connectivity index (χ3v) is 2.44. The fraction of sp³-hybridized carbons (Fsp3) is 0.500. The van der Waals surface area contributed by atoms with Crippen LogP contribution in [0.1, 0.15) is 30.6 Å². The van der Waals surface area contributed by atoms with Gasteiger partial charge in [0, 0.05) is 12.2 Å². The van der Waals surface area contributed by atoms with Gasteiger partial charge < -0.3 is 9.47 Å². The molecule has 0 saturated carbocycles. The number of rotatable bonds is 8. The number of ketones is 1. The molecule has 1 atom stereocenters. The van der Waals surface area contributed by atoms with Gasteiger partial charge in [0.05, 0.1) is 13.2 Å². The minimum atomic E-state index is -0.541. The van der Waals surface area contributed by atoms with Crippen LogP contribution in [0.25, 0.3) is 0 Å². The molecule has 0 radical (unpaired) electrons. The number of carbonyl (C=O) groups is 1. The molecular weight excluding hydrogens is 235 g/mol. The highest BCUT2D eigenvalue weighted by molar-refractivity contribution is 5.99. The van der Waals surface area contributed by atoms with E-state index in [0.29, 0.717) is 25.4 Å². The molecule has 0 heterocycles. The molecule has 0 aliphatic rings. The molecule has 0 amide bonds. The molecule has 0 aliphatic carbocycles. The Balaban J connectivity index is 2.34. The van der Waals surface area contributed by atoms with Gasteiger partial charge in [-0.2, -0.15) is 0 Å². The van der Waals surface area contributed by atoms with Crippen molar-refractivity contribution in [1.82, 2.24) is 0 Å². The van der Waals surface area contributed by atoms with Gasteiger partial charge >= 0.3 is 0 Å². The number of carbonyl (C=O) groups excluding carboxylic acids is 1. The van der Waals surface area contributed by atoms with Crippen molar-refractivity contribution in [2.24, 2.45) is 0 Å². The van der Waals surface area contributed by atoms with Crippen molar-refractivity contribution in [2.45, 2.75) is 26.4 Å². The van der Waals surface area contributed by atoms with Crippen LogP contribution in [0.15, 0.2) is 24.3 Å². The Morgan fingerprint density at radius 2 is 1.89 bits per heavy atom. The first-order chi connectivity index (χ1) is 8.65. The molecule has 1 rings (SSSR count). The van der Waals surface area contributed by atoms with Gasteiger partial charge in [-0.15, -0.1) is 0 Å². The van der Waals surface area contributed by atoms with Crippen molar-refractivity contribution >= 4 is 5.78 Å². The van der Waals surface area contributed by atoms with E-state index in [4.69, 9.17) is 9.47 Å². The van der Waals surface area contributed by atoms with Gasteiger partial charge in [0.1, 0.15) is 11.9 Å². The molecule has 4 heteroatoms. The zero-order valence-electron chi connectivity index (χ0n) is 10.8. The lowest BCUT2D eigenvalue weighted by Crippen LogP contribution is -2.23. The van der Waals surface area contributed by atoms with Gasteiger partial charge in [-0.25, -0.2) is 4.39 Å². The maximum Gasteiger partial charge on any atom is 0.191 e. The predicted molar refractivity (Wildman–Crippen MR) is 67.3 cm³/mol. The number of halogens is 1. The van der Waals surface area contributed by atoms with Crippen LogP contribution in [-0.4, -0.2) is 31.7 Å². The van der Waals surface area contributed by atoms with Crippen molar-refractivity contribution in [1.29, 1.82) is 0 Å². The summed E-state index contributed by atoms with van der Waals surface area (Å²) >= 11 is 0. The molecule has 1 aromatic rings. The topological polar surface area (TPSA) is 35.5 Å². The van der Waals surface area contributed by atoms with E-state index in [1.807, 2.05) is 6.92 Å². The van der Waals surface area contributed by atoms with Gasteiger partial charge in [0.15, 0.2) is 5.78 Å². The number of benzene rings is 1. The summed E-state index contributed by atoms with van der Waals surface area (Å²) in [6.45, 7) is 5.28. The normalized spacial score (nSPS) is 12.4. The van der Waals surface area contributed by atoms with E-state index in [9.17, 15) is 9.18 Å². The highest BCUT2D eigenvalue weighted by atomic mass is 19.1. The Kier molecular flexibility index (Phi) is 6.54. The molecule has 1 aromatic carbocycles. The second kappa shape index (κ2) is 7.95. The van der Waals surface area contributed by atoms with Crippen LogP contribution in [0, 0.1) is 5.82 Å². The average Bonchev–Trinajstić information content (AvgIpc) is 2.38. The van der Waals surface area contributed by atoms with Crippen LogP contribution in [0.2, 0.25) is 0 Å². The predicted octanol–water partition coefficient (Wildman–Crippen LogP) is 2.84. The van der Waals surface area contributed by atoms with Gasteiger partial charge in [-0.1, -0.05) is 6.92 Å². The second-order valence-electron chi connectivity index (χ2n) is 4.00. The van der Waals surface area contributed by atoms with E-state index in [0.717, 1.165) is 6.42 Å². The molecule has 3 nitrogen and oxygen atoms in total. The lowest BCUT2D eigenvalue weighted by molar-refractivity contribution is 0.0150. The van der Waals surface area contributed by atoms with Crippen LogP contribution in [0.5, 0.6) is 0 Å². The van der Waals surface area contributed by atoms with Gasteiger partial charge in [0.2, 0.25) is 0 Å². The minimum Gasteiger partial charge on any atom is -0.379 e. The summed E-state index contributed by atoms with van der Waals surface area (Å²) in [7, 11) is 0. The zero-order chi connectivity index (χ0) is 13.4. The maximum atomic E-state index is 12.7. The minimum absolute atomic E-state index is 0.148. The molecule has 0 fully saturated rings. The molecule has 0 aliphatic heterocycles. The lowest BCUT2D eigenvalue weighted by Gasteiger charge is -2.12. The van der Waals surface area contributed by atoms with E-state index in [2.05, 4.69) is 0 Å². The molecule has 1 unspecified atom stereocenters. The molecule has 0 saturated heterocycles. The Hall–Kier alpha value is -1.26. The Bertz CT molecular complexity index is 362. The zero-order valence-corrected chi connectivity index (χ0v) is 10.8. The van der Waals surface area contributed by atoms with E-state index < -0.39 is 6.10 Å². The summed E-state index contributed by atoms with van der Waals surface area (Å²) in [5.74, 6) is -0.501. The standard InChI is InChI=1S/C14H19FO3/c1-3-8-17-9-10-18-11(2)14(16)12-4-6-13(15)7-5-12/h4-7,11H,3,8-10H2,1-2H3. The molecule has 0 aromatic heterocycles. The smallest absolute Gasteiger partial charge is 0.191 e. The number of ether oxygens (including phenoxy) is 2. The molecule has 100 valence electrons. The molecular formula is C14H19FO3. The summed E-state index contributed by atoms with van der Waals surface area (Å²) in [5.41, 5.74) is 0.457. The van der Waals surface area contributed by atoms with Gasteiger partial charge in [-0.3, -0.25) is 4.79 Å². The van der Waals surface area contributed by atoms with Crippen molar-refractivity contribution in [3.8, 4) is 0 Å². The van der Waals surface area contributed by atoms with Crippen LogP contribution >= 0.6 is 0 Å². The second-order valence-corrected chi connectivity index (χ2v) is 4.00. The first-order valence-corrected chi connectivity index (χ1v) is 6.14. The van der Waals surface area contributed by atoms with Crippen molar-refractivity contribution in [2.75, 3.05) is 19.8 Å². The van der Waals surface area contributed by atoms with E-state index in [1.54, 1.807) is 6.92 Å². The number of Topliss-reactive ketones (excluding diaryl/α,β-unsaturated/α-hetero) is 1. The Labute approximate surface area is 107 Å². The Morgan fingerprint density at radius 1 is 1.22 bits per heavy atom. The highest BCUT2D eigenvalue weighted by Gasteiger charge is 2.15. The molecule has 0 N–H and O–H groups in total. The third-order valence-electron chi connectivity index (χ3n) is 2.44. The third kappa shape index (κ3) is 4.94. The fourth-order valence-corrected chi connectivity index (χ4v) is 1.45. The van der Waals surface area contributed by atoms with Crippen LogP contribution in [-0.2, 0) is 9.47 Å². The monoisotopic (exact) mass is 254 g/mol. The van der Waals surface area contributed by atoms with Gasteiger partial charge in [0.25, 0.3) is 0 Å².